The third-order valence-electron chi connectivity index (χ3n) is 6.48. The highest BCUT2D eigenvalue weighted by Gasteiger charge is 2.49. The van der Waals surface area contributed by atoms with Gasteiger partial charge in [0.15, 0.2) is 0 Å². The van der Waals surface area contributed by atoms with Crippen LogP contribution in [0, 0.1) is 17.8 Å². The molecule has 156 valence electrons. The van der Waals surface area contributed by atoms with Gasteiger partial charge >= 0.3 is 5.97 Å². The van der Waals surface area contributed by atoms with Crippen molar-refractivity contribution >= 4 is 28.5 Å². The molecule has 2 bridgehead atoms. The second-order valence-electron chi connectivity index (χ2n) is 10.1. The quantitative estimate of drug-likeness (QED) is 0.762. The molecule has 2 N–H and O–H groups in total. The lowest BCUT2D eigenvalue weighted by Crippen LogP contribution is -2.38. The van der Waals surface area contributed by atoms with Crippen LogP contribution in [-0.4, -0.2) is 48.0 Å². The first-order chi connectivity index (χ1) is 13.6. The number of aromatic amines is 1. The number of H-pyrrole nitrogens is 1. The maximum Gasteiger partial charge on any atom is 0.356 e. The number of anilines is 1. The number of methoxy groups -OCH3 is 1. The van der Waals surface area contributed by atoms with Crippen LogP contribution in [0.4, 0.5) is 5.69 Å². The molecule has 6 nitrogen and oxygen atoms in total. The van der Waals surface area contributed by atoms with Crippen LogP contribution in [0.3, 0.4) is 0 Å². The highest BCUT2D eigenvalue weighted by Crippen LogP contribution is 2.52. The van der Waals surface area contributed by atoms with Crippen molar-refractivity contribution in [3.8, 4) is 0 Å². The standard InChI is InChI=1S/C23H31N3O3/c1-14-6-7-17-16(8-14)19(20(24-17)21(28)29-5)25-18(27)11-26-13-23(4)10-15(26)9-22(2,3)12-23/h6-8,15,24H,9-13H2,1-5H3,(H,25,27)/t15-,23-/m0/s1. The highest BCUT2D eigenvalue weighted by molar-refractivity contribution is 6.11. The average Bonchev–Trinajstić information content (AvgIpc) is 3.07. The zero-order valence-electron chi connectivity index (χ0n) is 18.0. The minimum atomic E-state index is -0.486. The van der Waals surface area contributed by atoms with Crippen LogP contribution in [0.1, 0.15) is 56.1 Å². The van der Waals surface area contributed by atoms with Crippen molar-refractivity contribution in [1.82, 2.24) is 9.88 Å². The fraction of sp³-hybridized carbons (Fsp3) is 0.565. The Labute approximate surface area is 172 Å². The number of fused-ring (bicyclic) bond motifs is 3. The third-order valence-corrected chi connectivity index (χ3v) is 6.48. The molecule has 2 aromatic rings. The Balaban J connectivity index is 1.57. The average molecular weight is 398 g/mol. The van der Waals surface area contributed by atoms with E-state index in [1.165, 1.54) is 13.5 Å². The second kappa shape index (κ2) is 6.87. The number of nitrogens with zero attached hydrogens (tertiary/aromatic N) is 1. The van der Waals surface area contributed by atoms with Crippen molar-refractivity contribution in [1.29, 1.82) is 0 Å². The van der Waals surface area contributed by atoms with Gasteiger partial charge in [-0.25, -0.2) is 4.79 Å². The van der Waals surface area contributed by atoms with Gasteiger partial charge < -0.3 is 15.0 Å². The summed E-state index contributed by atoms with van der Waals surface area (Å²) in [6, 6.07) is 6.30. The predicted molar refractivity (Wildman–Crippen MR) is 114 cm³/mol. The van der Waals surface area contributed by atoms with E-state index >= 15 is 0 Å². The summed E-state index contributed by atoms with van der Waals surface area (Å²) in [7, 11) is 1.34. The smallest absolute Gasteiger partial charge is 0.356 e. The van der Waals surface area contributed by atoms with Crippen LogP contribution in [0.2, 0.25) is 0 Å². The fourth-order valence-corrected chi connectivity index (χ4v) is 5.82. The maximum absolute atomic E-state index is 13.0. The molecule has 1 saturated carbocycles. The molecule has 4 rings (SSSR count). The van der Waals surface area contributed by atoms with Gasteiger partial charge in [-0.3, -0.25) is 9.69 Å². The van der Waals surface area contributed by atoms with E-state index in [2.05, 4.69) is 36.0 Å². The first kappa shape index (κ1) is 20.0. The zero-order chi connectivity index (χ0) is 21.0. The van der Waals surface area contributed by atoms with Gasteiger partial charge in [0.05, 0.1) is 19.3 Å². The molecule has 1 aliphatic carbocycles. The largest absolute Gasteiger partial charge is 0.464 e. The molecule has 0 unspecified atom stereocenters. The number of hydrogen-bond acceptors (Lipinski definition) is 4. The zero-order valence-corrected chi connectivity index (χ0v) is 18.0. The van der Waals surface area contributed by atoms with Crippen LogP contribution >= 0.6 is 0 Å². The van der Waals surface area contributed by atoms with E-state index in [1.807, 2.05) is 25.1 Å². The van der Waals surface area contributed by atoms with Crippen LogP contribution in [-0.2, 0) is 9.53 Å². The van der Waals surface area contributed by atoms with Crippen molar-refractivity contribution in [3.05, 3.63) is 29.5 Å². The van der Waals surface area contributed by atoms with Crippen LogP contribution in [0.15, 0.2) is 18.2 Å². The van der Waals surface area contributed by atoms with E-state index in [1.54, 1.807) is 0 Å². The van der Waals surface area contributed by atoms with Gasteiger partial charge in [0.1, 0.15) is 5.69 Å². The lowest BCUT2D eigenvalue weighted by atomic mass is 9.65. The van der Waals surface area contributed by atoms with E-state index in [-0.39, 0.29) is 17.0 Å². The Morgan fingerprint density at radius 2 is 2.03 bits per heavy atom. The van der Waals surface area contributed by atoms with E-state index < -0.39 is 5.97 Å². The molecule has 1 aliphatic heterocycles. The SMILES string of the molecule is COC(=O)c1[nH]c2ccc(C)cc2c1NC(=O)CN1C[C@@]2(C)C[C@@H]1CC(C)(C)C2. The number of nitrogens with one attached hydrogen (secondary N) is 2. The first-order valence-electron chi connectivity index (χ1n) is 10.3. The Kier molecular flexibility index (Phi) is 4.73. The minimum absolute atomic E-state index is 0.0912. The molecule has 2 atom stereocenters. The van der Waals surface area contributed by atoms with Crippen LogP contribution in [0.5, 0.6) is 0 Å². The molecule has 29 heavy (non-hydrogen) atoms. The number of aryl methyl sites for hydroxylation is 1. The van der Waals surface area contributed by atoms with Gasteiger partial charge in [0, 0.05) is 23.5 Å². The number of rotatable bonds is 4. The van der Waals surface area contributed by atoms with Gasteiger partial charge in [0.25, 0.3) is 0 Å². The lowest BCUT2D eigenvalue weighted by Gasteiger charge is -2.39. The molecule has 2 aliphatic rings. The van der Waals surface area contributed by atoms with Gasteiger partial charge in [-0.05, 0) is 49.1 Å². The summed E-state index contributed by atoms with van der Waals surface area (Å²) in [5.74, 6) is -0.577. The summed E-state index contributed by atoms with van der Waals surface area (Å²) in [6.07, 6.45) is 3.47. The molecule has 2 fully saturated rings. The molecule has 2 heterocycles. The Hall–Kier alpha value is -2.34. The van der Waals surface area contributed by atoms with E-state index in [9.17, 15) is 9.59 Å². The Morgan fingerprint density at radius 1 is 1.28 bits per heavy atom. The molecule has 1 aromatic heterocycles. The number of carbonyl (C=O) groups excluding carboxylic acids is 2. The summed E-state index contributed by atoms with van der Waals surface area (Å²) >= 11 is 0. The molecule has 6 heteroatoms. The van der Waals surface area contributed by atoms with Crippen molar-refractivity contribution in [3.63, 3.8) is 0 Å². The van der Waals surface area contributed by atoms with Gasteiger partial charge in [-0.2, -0.15) is 0 Å². The van der Waals surface area contributed by atoms with E-state index in [4.69, 9.17) is 4.74 Å². The number of amides is 1. The summed E-state index contributed by atoms with van der Waals surface area (Å²) in [5, 5.41) is 3.83. The number of esters is 1. The topological polar surface area (TPSA) is 74.4 Å². The van der Waals surface area contributed by atoms with Crippen molar-refractivity contribution in [2.45, 2.75) is 53.0 Å². The van der Waals surface area contributed by atoms with Crippen molar-refractivity contribution < 1.29 is 14.3 Å². The van der Waals surface area contributed by atoms with Gasteiger partial charge in [-0.15, -0.1) is 0 Å². The molecule has 0 radical (unpaired) electrons. The van der Waals surface area contributed by atoms with Crippen LogP contribution in [0.25, 0.3) is 10.9 Å². The van der Waals surface area contributed by atoms with Gasteiger partial charge in [0.2, 0.25) is 5.91 Å². The maximum atomic E-state index is 13.0. The fourth-order valence-electron chi connectivity index (χ4n) is 5.82. The summed E-state index contributed by atoms with van der Waals surface area (Å²) in [4.78, 5) is 30.7. The van der Waals surface area contributed by atoms with Crippen LogP contribution < -0.4 is 5.32 Å². The number of likely N-dealkylation sites (tertiary alicyclic amines) is 1. The second-order valence-corrected chi connectivity index (χ2v) is 10.1. The molecule has 1 saturated heterocycles. The first-order valence-corrected chi connectivity index (χ1v) is 10.3. The number of carbonyl (C=O) groups is 2. The van der Waals surface area contributed by atoms with E-state index in [0.29, 0.717) is 23.7 Å². The third kappa shape index (κ3) is 3.78. The number of hydrogen-bond donors (Lipinski definition) is 2. The monoisotopic (exact) mass is 397 g/mol. The van der Waals surface area contributed by atoms with Gasteiger partial charge in [-0.1, -0.05) is 32.4 Å². The number of benzene rings is 1. The van der Waals surface area contributed by atoms with Crippen molar-refractivity contribution in [2.24, 2.45) is 10.8 Å². The Bertz CT molecular complexity index is 977. The summed E-state index contributed by atoms with van der Waals surface area (Å²) in [5.41, 5.74) is 3.25. The normalized spacial score (nSPS) is 25.9. The predicted octanol–water partition coefficient (Wildman–Crippen LogP) is 4.10. The highest BCUT2D eigenvalue weighted by atomic mass is 16.5. The van der Waals surface area contributed by atoms with Crippen molar-refractivity contribution in [2.75, 3.05) is 25.5 Å². The minimum Gasteiger partial charge on any atom is -0.464 e. The Morgan fingerprint density at radius 3 is 2.76 bits per heavy atom. The molecular formula is C23H31N3O3. The summed E-state index contributed by atoms with van der Waals surface area (Å²) < 4.78 is 4.91. The molecule has 1 amide bonds. The molecule has 1 aromatic carbocycles. The number of aromatic nitrogens is 1. The lowest BCUT2D eigenvalue weighted by molar-refractivity contribution is -0.117. The molecular weight excluding hydrogens is 366 g/mol. The molecule has 0 spiro atoms. The van der Waals surface area contributed by atoms with E-state index in [0.717, 1.165) is 35.9 Å². The number of ether oxygens (including phenoxy) is 1. The summed E-state index contributed by atoms with van der Waals surface area (Å²) in [6.45, 7) is 10.3.